The predicted molar refractivity (Wildman–Crippen MR) is 119 cm³/mol. The van der Waals surface area contributed by atoms with Crippen LogP contribution < -0.4 is 5.73 Å². The molecule has 0 amide bonds. The fraction of sp³-hybridized carbons (Fsp3) is 0.200. The highest BCUT2D eigenvalue weighted by Gasteiger charge is 2.27. The SMILES string of the molecule is N[C@@H](Cc1ccccc1)[C@@H]1CC(Cc2ccccc2)=NO1.O=C(O)c1ccccc1. The van der Waals surface area contributed by atoms with Gasteiger partial charge < -0.3 is 15.7 Å². The normalized spacial score (nSPS) is 15.9. The zero-order valence-corrected chi connectivity index (χ0v) is 16.7. The molecule has 154 valence electrons. The molecule has 0 aromatic heterocycles. The Morgan fingerprint density at radius 3 is 2.00 bits per heavy atom. The van der Waals surface area contributed by atoms with Crippen molar-refractivity contribution >= 4 is 11.7 Å². The first-order chi connectivity index (χ1) is 14.6. The number of nitrogens with zero attached hydrogens (tertiary/aromatic N) is 1. The molecule has 30 heavy (non-hydrogen) atoms. The minimum atomic E-state index is -0.879. The fourth-order valence-electron chi connectivity index (χ4n) is 3.21. The fourth-order valence-corrected chi connectivity index (χ4v) is 3.21. The van der Waals surface area contributed by atoms with Crippen LogP contribution in [0.15, 0.2) is 96.2 Å². The molecular weight excluding hydrogens is 376 g/mol. The summed E-state index contributed by atoms with van der Waals surface area (Å²) in [4.78, 5) is 15.7. The highest BCUT2D eigenvalue weighted by atomic mass is 16.6. The summed E-state index contributed by atoms with van der Waals surface area (Å²) < 4.78 is 0. The van der Waals surface area contributed by atoms with Crippen LogP contribution in [-0.2, 0) is 17.7 Å². The highest BCUT2D eigenvalue weighted by molar-refractivity contribution is 5.87. The van der Waals surface area contributed by atoms with Gasteiger partial charge in [-0.15, -0.1) is 0 Å². The Morgan fingerprint density at radius 1 is 0.933 bits per heavy atom. The van der Waals surface area contributed by atoms with Gasteiger partial charge in [-0.3, -0.25) is 0 Å². The second kappa shape index (κ2) is 10.9. The maximum atomic E-state index is 10.2. The van der Waals surface area contributed by atoms with Crippen molar-refractivity contribution in [3.8, 4) is 0 Å². The molecule has 0 aliphatic carbocycles. The Hall–Kier alpha value is -3.44. The van der Waals surface area contributed by atoms with E-state index in [0.717, 1.165) is 25.0 Å². The molecule has 1 aliphatic rings. The van der Waals surface area contributed by atoms with Crippen LogP contribution in [0.3, 0.4) is 0 Å². The third-order valence-electron chi connectivity index (χ3n) is 4.82. The summed E-state index contributed by atoms with van der Waals surface area (Å²) in [5.74, 6) is -0.879. The molecule has 1 aliphatic heterocycles. The van der Waals surface area contributed by atoms with E-state index in [9.17, 15) is 4.79 Å². The minimum absolute atomic E-state index is 0.0103. The number of aromatic carboxylic acids is 1. The second-order valence-electron chi connectivity index (χ2n) is 7.19. The number of hydrogen-bond donors (Lipinski definition) is 2. The quantitative estimate of drug-likeness (QED) is 0.643. The van der Waals surface area contributed by atoms with Crippen molar-refractivity contribution in [2.45, 2.75) is 31.4 Å². The van der Waals surface area contributed by atoms with Gasteiger partial charge in [0.2, 0.25) is 0 Å². The van der Waals surface area contributed by atoms with E-state index in [0.29, 0.717) is 5.56 Å². The lowest BCUT2D eigenvalue weighted by Crippen LogP contribution is -2.36. The molecule has 0 saturated heterocycles. The van der Waals surface area contributed by atoms with E-state index in [4.69, 9.17) is 15.7 Å². The highest BCUT2D eigenvalue weighted by Crippen LogP contribution is 2.18. The molecule has 5 nitrogen and oxygen atoms in total. The maximum Gasteiger partial charge on any atom is 0.335 e. The Morgan fingerprint density at radius 2 is 1.47 bits per heavy atom. The van der Waals surface area contributed by atoms with Crippen molar-refractivity contribution in [1.29, 1.82) is 0 Å². The third kappa shape index (κ3) is 6.57. The Kier molecular flexibility index (Phi) is 7.75. The lowest BCUT2D eigenvalue weighted by atomic mass is 9.97. The van der Waals surface area contributed by atoms with Crippen LogP contribution in [0.5, 0.6) is 0 Å². The van der Waals surface area contributed by atoms with Crippen LogP contribution in [-0.4, -0.2) is 28.9 Å². The first-order valence-corrected chi connectivity index (χ1v) is 9.95. The van der Waals surface area contributed by atoms with Gasteiger partial charge in [0.15, 0.2) is 0 Å². The molecule has 0 bridgehead atoms. The van der Waals surface area contributed by atoms with Crippen LogP contribution in [0.1, 0.15) is 27.9 Å². The molecule has 3 aromatic rings. The van der Waals surface area contributed by atoms with Crippen molar-refractivity contribution in [1.82, 2.24) is 0 Å². The number of carbonyl (C=O) groups is 1. The molecule has 4 rings (SSSR count). The molecule has 3 aromatic carbocycles. The van der Waals surface area contributed by atoms with E-state index in [1.165, 1.54) is 11.1 Å². The van der Waals surface area contributed by atoms with E-state index in [1.54, 1.807) is 30.3 Å². The van der Waals surface area contributed by atoms with Crippen LogP contribution >= 0.6 is 0 Å². The number of hydrogen-bond acceptors (Lipinski definition) is 4. The molecule has 0 radical (unpaired) electrons. The van der Waals surface area contributed by atoms with Gasteiger partial charge in [0, 0.05) is 18.9 Å². The lowest BCUT2D eigenvalue weighted by molar-refractivity contribution is 0.0659. The molecule has 5 heteroatoms. The Balaban J connectivity index is 0.000000239. The maximum absolute atomic E-state index is 10.2. The van der Waals surface area contributed by atoms with E-state index < -0.39 is 5.97 Å². The largest absolute Gasteiger partial charge is 0.478 e. The van der Waals surface area contributed by atoms with Crippen LogP contribution in [0, 0.1) is 0 Å². The summed E-state index contributed by atoms with van der Waals surface area (Å²) in [7, 11) is 0. The molecule has 0 unspecified atom stereocenters. The number of carboxylic acids is 1. The van der Waals surface area contributed by atoms with Gasteiger partial charge in [-0.25, -0.2) is 4.79 Å². The standard InChI is InChI=1S/C18H20N2O.C7H6O2/c19-17(12-15-9-5-2-6-10-15)18-13-16(20-21-18)11-14-7-3-1-4-8-14;8-7(9)6-4-2-1-3-5-6/h1-10,17-18H,11-13,19H2;1-5H,(H,8,9)/t17-,18-;/m0./s1. The Bertz CT molecular complexity index is 944. The van der Waals surface area contributed by atoms with Crippen LogP contribution in [0.4, 0.5) is 0 Å². The average Bonchev–Trinajstić information content (AvgIpc) is 3.25. The smallest absolute Gasteiger partial charge is 0.335 e. The molecule has 2 atom stereocenters. The number of nitrogens with two attached hydrogens (primary N) is 1. The summed E-state index contributed by atoms with van der Waals surface area (Å²) in [6, 6.07) is 28.9. The molecule has 1 heterocycles. The first-order valence-electron chi connectivity index (χ1n) is 9.95. The van der Waals surface area contributed by atoms with Crippen molar-refractivity contribution in [2.75, 3.05) is 0 Å². The summed E-state index contributed by atoms with van der Waals surface area (Å²) in [6.45, 7) is 0. The molecule has 3 N–H and O–H groups in total. The van der Waals surface area contributed by atoms with Crippen LogP contribution in [0.2, 0.25) is 0 Å². The second-order valence-corrected chi connectivity index (χ2v) is 7.19. The summed E-state index contributed by atoms with van der Waals surface area (Å²) in [6.07, 6.45) is 2.47. The molecule has 0 spiro atoms. The van der Waals surface area contributed by atoms with Gasteiger partial charge in [-0.2, -0.15) is 0 Å². The minimum Gasteiger partial charge on any atom is -0.478 e. The summed E-state index contributed by atoms with van der Waals surface area (Å²) in [5, 5.41) is 12.6. The topological polar surface area (TPSA) is 84.9 Å². The molecule has 0 fully saturated rings. The number of carboxylic acid groups (broad SMARTS) is 1. The van der Waals surface area contributed by atoms with Gasteiger partial charge in [-0.1, -0.05) is 84.0 Å². The van der Waals surface area contributed by atoms with Crippen molar-refractivity contribution in [2.24, 2.45) is 10.9 Å². The predicted octanol–water partition coefficient (Wildman–Crippen LogP) is 4.33. The number of rotatable bonds is 6. The average molecular weight is 402 g/mol. The van der Waals surface area contributed by atoms with Gasteiger partial charge in [0.05, 0.1) is 11.3 Å². The summed E-state index contributed by atoms with van der Waals surface area (Å²) in [5.41, 5.74) is 10.2. The van der Waals surface area contributed by atoms with Gasteiger partial charge in [0.1, 0.15) is 6.10 Å². The van der Waals surface area contributed by atoms with E-state index >= 15 is 0 Å². The number of benzene rings is 3. The van der Waals surface area contributed by atoms with Gasteiger partial charge in [0.25, 0.3) is 0 Å². The molecular formula is C25H26N2O3. The monoisotopic (exact) mass is 402 g/mol. The van der Waals surface area contributed by atoms with E-state index in [2.05, 4.69) is 29.4 Å². The zero-order valence-electron chi connectivity index (χ0n) is 16.7. The van der Waals surface area contributed by atoms with E-state index in [-0.39, 0.29) is 12.1 Å². The first kappa shape index (κ1) is 21.3. The van der Waals surface area contributed by atoms with Gasteiger partial charge >= 0.3 is 5.97 Å². The zero-order chi connectivity index (χ0) is 21.2. The van der Waals surface area contributed by atoms with Crippen LogP contribution in [0.25, 0.3) is 0 Å². The lowest BCUT2D eigenvalue weighted by Gasteiger charge is -2.17. The van der Waals surface area contributed by atoms with Crippen molar-refractivity contribution in [3.63, 3.8) is 0 Å². The molecule has 0 saturated carbocycles. The number of oxime groups is 1. The third-order valence-corrected chi connectivity index (χ3v) is 4.82. The van der Waals surface area contributed by atoms with Crippen molar-refractivity contribution < 1.29 is 14.7 Å². The van der Waals surface area contributed by atoms with E-state index in [1.807, 2.05) is 36.4 Å². The van der Waals surface area contributed by atoms with Gasteiger partial charge in [-0.05, 0) is 29.7 Å². The van der Waals surface area contributed by atoms with Crippen molar-refractivity contribution in [3.05, 3.63) is 108 Å². The Labute approximate surface area is 176 Å². The summed E-state index contributed by atoms with van der Waals surface area (Å²) >= 11 is 0.